The third-order valence-corrected chi connectivity index (χ3v) is 4.07. The summed E-state index contributed by atoms with van der Waals surface area (Å²) in [5.74, 6) is 0.781. The minimum atomic E-state index is 0.545. The molecule has 2 aliphatic rings. The largest absolute Gasteiger partial charge is 0.388 e. The van der Waals surface area contributed by atoms with Crippen LogP contribution in [0.4, 0.5) is 0 Å². The maximum Gasteiger partial charge on any atom is 0.0909 e. The predicted octanol–water partition coefficient (Wildman–Crippen LogP) is 2.87. The predicted molar refractivity (Wildman–Crippen MR) is 60.5 cm³/mol. The smallest absolute Gasteiger partial charge is 0.0909 e. The Hall–Kier alpha value is -0.530. The van der Waals surface area contributed by atoms with Gasteiger partial charge in [0, 0.05) is 0 Å². The van der Waals surface area contributed by atoms with Crippen molar-refractivity contribution in [2.45, 2.75) is 64.3 Å². The molecule has 2 heteroatoms. The van der Waals surface area contributed by atoms with Gasteiger partial charge in [0.05, 0.1) is 11.9 Å². The van der Waals surface area contributed by atoms with Crippen LogP contribution in [0.5, 0.6) is 0 Å². The third-order valence-electron chi connectivity index (χ3n) is 4.07. The minimum absolute atomic E-state index is 0.545. The summed E-state index contributed by atoms with van der Waals surface area (Å²) in [5, 5.41) is 0. The average Bonchev–Trinajstić information content (AvgIpc) is 2.58. The third kappa shape index (κ3) is 1.79. The lowest BCUT2D eigenvalue weighted by atomic mass is 9.69. The zero-order valence-electron chi connectivity index (χ0n) is 9.26. The summed E-state index contributed by atoms with van der Waals surface area (Å²) in [6.07, 6.45) is 11.1. The highest BCUT2D eigenvalue weighted by Crippen LogP contribution is 2.50. The van der Waals surface area contributed by atoms with Crippen molar-refractivity contribution in [2.24, 2.45) is 16.1 Å². The van der Waals surface area contributed by atoms with Crippen molar-refractivity contribution >= 4 is 5.84 Å². The van der Waals surface area contributed by atoms with Gasteiger partial charge in [-0.2, -0.15) is 0 Å². The van der Waals surface area contributed by atoms with Crippen LogP contribution in [-0.2, 0) is 0 Å². The standard InChI is InChI=1S/C12H22N2/c1-10(13)14-11-6-2-3-7-12(11)8-4-5-9-12/h11H,2-9H2,1H3,(H2,13,14). The lowest BCUT2D eigenvalue weighted by Gasteiger charge is -2.39. The maximum absolute atomic E-state index is 5.72. The first-order valence-electron chi connectivity index (χ1n) is 6.03. The highest BCUT2D eigenvalue weighted by Gasteiger charge is 2.42. The molecule has 2 fully saturated rings. The quantitative estimate of drug-likeness (QED) is 0.506. The highest BCUT2D eigenvalue weighted by molar-refractivity contribution is 5.77. The Bertz CT molecular complexity index is 222. The highest BCUT2D eigenvalue weighted by atomic mass is 14.9. The molecular formula is C12H22N2. The molecule has 2 nitrogen and oxygen atoms in total. The molecule has 0 aromatic carbocycles. The summed E-state index contributed by atoms with van der Waals surface area (Å²) in [6.45, 7) is 1.93. The van der Waals surface area contributed by atoms with Gasteiger partial charge in [-0.3, -0.25) is 4.99 Å². The first-order chi connectivity index (χ1) is 6.73. The van der Waals surface area contributed by atoms with Crippen LogP contribution in [0.25, 0.3) is 0 Å². The molecule has 1 atom stereocenters. The SMILES string of the molecule is CC(N)=NC1CCCCC12CCCC2. The van der Waals surface area contributed by atoms with Crippen LogP contribution in [0.1, 0.15) is 58.3 Å². The van der Waals surface area contributed by atoms with Gasteiger partial charge in [0.2, 0.25) is 0 Å². The van der Waals surface area contributed by atoms with Crippen LogP contribution in [-0.4, -0.2) is 11.9 Å². The number of nitrogens with zero attached hydrogens (tertiary/aromatic N) is 1. The molecule has 14 heavy (non-hydrogen) atoms. The number of hydrogen-bond acceptors (Lipinski definition) is 1. The fraction of sp³-hybridized carbons (Fsp3) is 0.917. The first kappa shape index (κ1) is 10.0. The van der Waals surface area contributed by atoms with E-state index in [1.165, 1.54) is 51.4 Å². The molecule has 1 spiro atoms. The molecule has 2 saturated carbocycles. The van der Waals surface area contributed by atoms with Crippen molar-refractivity contribution in [3.8, 4) is 0 Å². The van der Waals surface area contributed by atoms with Crippen LogP contribution in [0.15, 0.2) is 4.99 Å². The van der Waals surface area contributed by atoms with Gasteiger partial charge in [0.15, 0.2) is 0 Å². The van der Waals surface area contributed by atoms with Gasteiger partial charge in [0.1, 0.15) is 0 Å². The van der Waals surface area contributed by atoms with E-state index < -0.39 is 0 Å². The van der Waals surface area contributed by atoms with E-state index in [4.69, 9.17) is 5.73 Å². The Morgan fingerprint density at radius 2 is 1.71 bits per heavy atom. The van der Waals surface area contributed by atoms with E-state index in [0.29, 0.717) is 11.5 Å². The summed E-state index contributed by atoms with van der Waals surface area (Å²) in [6, 6.07) is 0.545. The summed E-state index contributed by atoms with van der Waals surface area (Å²) >= 11 is 0. The van der Waals surface area contributed by atoms with Gasteiger partial charge < -0.3 is 5.73 Å². The Kier molecular flexibility index (Phi) is 2.80. The van der Waals surface area contributed by atoms with Crippen LogP contribution in [0.3, 0.4) is 0 Å². The Morgan fingerprint density at radius 3 is 2.29 bits per heavy atom. The second-order valence-corrected chi connectivity index (χ2v) is 5.10. The van der Waals surface area contributed by atoms with Crippen molar-refractivity contribution in [2.75, 3.05) is 0 Å². The monoisotopic (exact) mass is 194 g/mol. The summed E-state index contributed by atoms with van der Waals surface area (Å²) < 4.78 is 0. The Balaban J connectivity index is 2.14. The van der Waals surface area contributed by atoms with Crippen molar-refractivity contribution in [3.63, 3.8) is 0 Å². The Morgan fingerprint density at radius 1 is 1.14 bits per heavy atom. The van der Waals surface area contributed by atoms with E-state index in [1.54, 1.807) is 0 Å². The fourth-order valence-electron chi connectivity index (χ4n) is 3.40. The van der Waals surface area contributed by atoms with Gasteiger partial charge in [-0.05, 0) is 38.0 Å². The minimum Gasteiger partial charge on any atom is -0.388 e. The maximum atomic E-state index is 5.72. The van der Waals surface area contributed by atoms with E-state index in [1.807, 2.05) is 6.92 Å². The topological polar surface area (TPSA) is 38.4 Å². The van der Waals surface area contributed by atoms with Gasteiger partial charge >= 0.3 is 0 Å². The fourth-order valence-corrected chi connectivity index (χ4v) is 3.40. The second-order valence-electron chi connectivity index (χ2n) is 5.10. The number of rotatable bonds is 1. The molecule has 1 unspecified atom stereocenters. The normalized spacial score (nSPS) is 32.4. The van der Waals surface area contributed by atoms with E-state index >= 15 is 0 Å². The molecule has 0 radical (unpaired) electrons. The molecular weight excluding hydrogens is 172 g/mol. The van der Waals surface area contributed by atoms with Crippen molar-refractivity contribution in [3.05, 3.63) is 0 Å². The molecule has 80 valence electrons. The summed E-state index contributed by atoms with van der Waals surface area (Å²) in [7, 11) is 0. The molecule has 2 N–H and O–H groups in total. The van der Waals surface area contributed by atoms with Crippen molar-refractivity contribution < 1.29 is 0 Å². The van der Waals surface area contributed by atoms with Gasteiger partial charge in [-0.25, -0.2) is 0 Å². The van der Waals surface area contributed by atoms with E-state index in [9.17, 15) is 0 Å². The number of amidine groups is 1. The van der Waals surface area contributed by atoms with Gasteiger partial charge in [-0.15, -0.1) is 0 Å². The van der Waals surface area contributed by atoms with Crippen molar-refractivity contribution in [1.82, 2.24) is 0 Å². The lowest BCUT2D eigenvalue weighted by molar-refractivity contribution is 0.161. The molecule has 2 aliphatic carbocycles. The number of nitrogens with two attached hydrogens (primary N) is 1. The molecule has 0 amide bonds. The van der Waals surface area contributed by atoms with Crippen LogP contribution in [0, 0.1) is 5.41 Å². The molecule has 0 bridgehead atoms. The van der Waals surface area contributed by atoms with Gasteiger partial charge in [0.25, 0.3) is 0 Å². The zero-order chi connectivity index (χ0) is 10.0. The molecule has 0 saturated heterocycles. The molecule has 2 rings (SSSR count). The summed E-state index contributed by atoms with van der Waals surface area (Å²) in [4.78, 5) is 4.67. The molecule has 0 aromatic heterocycles. The van der Waals surface area contributed by atoms with Crippen LogP contribution in [0.2, 0.25) is 0 Å². The average molecular weight is 194 g/mol. The number of aliphatic imine (C=N–C) groups is 1. The summed E-state index contributed by atoms with van der Waals surface area (Å²) in [5.41, 5.74) is 6.28. The van der Waals surface area contributed by atoms with Crippen LogP contribution >= 0.6 is 0 Å². The Labute approximate surface area is 87.0 Å². The van der Waals surface area contributed by atoms with Crippen molar-refractivity contribution in [1.29, 1.82) is 0 Å². The lowest BCUT2D eigenvalue weighted by Crippen LogP contribution is -2.35. The number of hydrogen-bond donors (Lipinski definition) is 1. The van der Waals surface area contributed by atoms with E-state index in [-0.39, 0.29) is 0 Å². The molecule has 0 aliphatic heterocycles. The molecule has 0 aromatic rings. The first-order valence-corrected chi connectivity index (χ1v) is 6.03. The van der Waals surface area contributed by atoms with E-state index in [0.717, 1.165) is 5.84 Å². The van der Waals surface area contributed by atoms with Crippen LogP contribution < -0.4 is 5.73 Å². The zero-order valence-corrected chi connectivity index (χ0v) is 9.26. The second kappa shape index (κ2) is 3.92. The molecule has 0 heterocycles. The van der Waals surface area contributed by atoms with Gasteiger partial charge in [-0.1, -0.05) is 25.7 Å². The van der Waals surface area contributed by atoms with E-state index in [2.05, 4.69) is 4.99 Å².